The Morgan fingerprint density at radius 3 is 2.73 bits per heavy atom. The van der Waals surface area contributed by atoms with Crippen LogP contribution < -0.4 is 15.4 Å². The summed E-state index contributed by atoms with van der Waals surface area (Å²) < 4.78 is 34.2. The van der Waals surface area contributed by atoms with Crippen LogP contribution in [0.5, 0.6) is 5.75 Å². The smallest absolute Gasteiger partial charge is 0.387 e. The lowest BCUT2D eigenvalue weighted by molar-refractivity contribution is -0.0498. The molecule has 0 amide bonds. The van der Waals surface area contributed by atoms with Gasteiger partial charge < -0.3 is 25.2 Å². The molecule has 26 heavy (non-hydrogen) atoms. The Bertz CT molecular complexity index is 549. The number of ether oxygens (including phenoxy) is 2. The minimum Gasteiger partial charge on any atom is -0.435 e. The number of aliphatic hydroxyl groups excluding tert-OH is 1. The number of guanidine groups is 1. The number of benzene rings is 1. The quantitative estimate of drug-likeness (QED) is 0.459. The molecule has 2 unspecified atom stereocenters. The predicted octanol–water partition coefficient (Wildman–Crippen LogP) is 2.45. The number of rotatable bonds is 9. The van der Waals surface area contributed by atoms with Gasteiger partial charge in [-0.2, -0.15) is 8.78 Å². The number of halogens is 2. The van der Waals surface area contributed by atoms with Gasteiger partial charge in [0.25, 0.3) is 0 Å². The maximum atomic E-state index is 12.2. The van der Waals surface area contributed by atoms with Crippen LogP contribution in [0.15, 0.2) is 29.3 Å². The van der Waals surface area contributed by atoms with Gasteiger partial charge >= 0.3 is 6.61 Å². The number of aliphatic hydroxyl groups is 1. The molecule has 0 aliphatic carbocycles. The molecule has 1 aliphatic heterocycles. The second-order valence-electron chi connectivity index (χ2n) is 6.03. The van der Waals surface area contributed by atoms with E-state index < -0.39 is 12.7 Å². The fraction of sp³-hybridized carbons (Fsp3) is 0.611. The van der Waals surface area contributed by atoms with E-state index >= 15 is 0 Å². The number of nitrogens with zero attached hydrogens (tertiary/aromatic N) is 1. The molecule has 1 saturated heterocycles. The van der Waals surface area contributed by atoms with E-state index in [9.17, 15) is 13.9 Å². The number of alkyl halides is 2. The van der Waals surface area contributed by atoms with E-state index in [1.807, 2.05) is 6.92 Å². The van der Waals surface area contributed by atoms with E-state index in [2.05, 4.69) is 20.4 Å². The first-order valence-electron chi connectivity index (χ1n) is 8.95. The van der Waals surface area contributed by atoms with Gasteiger partial charge in [0.05, 0.1) is 18.8 Å². The lowest BCUT2D eigenvalue weighted by atomic mass is 10.1. The van der Waals surface area contributed by atoms with Crippen LogP contribution >= 0.6 is 0 Å². The van der Waals surface area contributed by atoms with Gasteiger partial charge in [0.2, 0.25) is 0 Å². The van der Waals surface area contributed by atoms with Crippen molar-refractivity contribution in [3.05, 3.63) is 29.8 Å². The third kappa shape index (κ3) is 7.13. The molecule has 0 aromatic heterocycles. The van der Waals surface area contributed by atoms with E-state index in [-0.39, 0.29) is 12.3 Å². The molecule has 0 saturated carbocycles. The van der Waals surface area contributed by atoms with Crippen LogP contribution in [0.1, 0.15) is 37.9 Å². The Kier molecular flexibility index (Phi) is 8.57. The summed E-state index contributed by atoms with van der Waals surface area (Å²) in [6.45, 7) is 1.55. The number of aliphatic imine (C=N–C) groups is 1. The monoisotopic (exact) mass is 371 g/mol. The van der Waals surface area contributed by atoms with Crippen molar-refractivity contribution in [2.24, 2.45) is 4.99 Å². The number of nitrogens with one attached hydrogen (secondary N) is 2. The van der Waals surface area contributed by atoms with E-state index in [0.717, 1.165) is 32.4 Å². The zero-order valence-corrected chi connectivity index (χ0v) is 15.0. The maximum absolute atomic E-state index is 12.2. The molecule has 1 fully saturated rings. The molecule has 2 rings (SSSR count). The molecule has 2 atom stereocenters. The topological polar surface area (TPSA) is 75.1 Å². The highest BCUT2D eigenvalue weighted by Crippen LogP contribution is 2.19. The van der Waals surface area contributed by atoms with Crippen molar-refractivity contribution < 1.29 is 23.4 Å². The summed E-state index contributed by atoms with van der Waals surface area (Å²) in [6, 6.07) is 5.91. The summed E-state index contributed by atoms with van der Waals surface area (Å²) in [4.78, 5) is 4.38. The molecular weight excluding hydrogens is 344 g/mol. The van der Waals surface area contributed by atoms with Gasteiger partial charge in [0.1, 0.15) is 5.75 Å². The van der Waals surface area contributed by atoms with E-state index in [0.29, 0.717) is 24.2 Å². The van der Waals surface area contributed by atoms with E-state index in [1.54, 1.807) is 12.1 Å². The van der Waals surface area contributed by atoms with Crippen LogP contribution in [0.25, 0.3) is 0 Å². The first kappa shape index (κ1) is 20.4. The third-order valence-electron chi connectivity index (χ3n) is 4.04. The third-order valence-corrected chi connectivity index (χ3v) is 4.04. The Labute approximate surface area is 152 Å². The van der Waals surface area contributed by atoms with Crippen molar-refractivity contribution in [3.8, 4) is 5.75 Å². The second-order valence-corrected chi connectivity index (χ2v) is 6.03. The highest BCUT2D eigenvalue weighted by molar-refractivity contribution is 5.79. The zero-order chi connectivity index (χ0) is 18.8. The van der Waals surface area contributed by atoms with Gasteiger partial charge in [-0.15, -0.1) is 0 Å². The summed E-state index contributed by atoms with van der Waals surface area (Å²) in [5.41, 5.74) is 0.588. The van der Waals surface area contributed by atoms with Crippen LogP contribution in [0.3, 0.4) is 0 Å². The normalized spacial score (nSPS) is 18.8. The second kappa shape index (κ2) is 10.9. The highest BCUT2D eigenvalue weighted by Gasteiger charge is 2.15. The molecule has 0 spiro atoms. The summed E-state index contributed by atoms with van der Waals surface area (Å²) in [6.07, 6.45) is 2.61. The SMILES string of the molecule is CCNC(=NCC(O)c1ccc(OC(F)F)cc1)NCCC1CCCO1. The van der Waals surface area contributed by atoms with Gasteiger partial charge in [-0.05, 0) is 43.9 Å². The molecule has 0 radical (unpaired) electrons. The first-order chi connectivity index (χ1) is 12.6. The largest absolute Gasteiger partial charge is 0.435 e. The summed E-state index contributed by atoms with van der Waals surface area (Å²) in [5.74, 6) is 0.686. The fourth-order valence-electron chi connectivity index (χ4n) is 2.72. The molecule has 1 aromatic rings. The van der Waals surface area contributed by atoms with Crippen LogP contribution in [-0.4, -0.2) is 50.0 Å². The molecular formula is C18H27F2N3O3. The number of hydrogen-bond acceptors (Lipinski definition) is 4. The fourth-order valence-corrected chi connectivity index (χ4v) is 2.72. The van der Waals surface area contributed by atoms with Gasteiger partial charge in [-0.1, -0.05) is 12.1 Å². The molecule has 3 N–H and O–H groups in total. The summed E-state index contributed by atoms with van der Waals surface area (Å²) >= 11 is 0. The molecule has 0 bridgehead atoms. The van der Waals surface area contributed by atoms with Gasteiger partial charge in [0, 0.05) is 19.7 Å². The Morgan fingerprint density at radius 2 is 2.12 bits per heavy atom. The Balaban J connectivity index is 1.82. The maximum Gasteiger partial charge on any atom is 0.387 e. The molecule has 1 heterocycles. The van der Waals surface area contributed by atoms with Crippen molar-refractivity contribution in [1.82, 2.24) is 10.6 Å². The zero-order valence-electron chi connectivity index (χ0n) is 15.0. The summed E-state index contributed by atoms with van der Waals surface area (Å²) in [7, 11) is 0. The van der Waals surface area contributed by atoms with Crippen LogP contribution in [-0.2, 0) is 4.74 Å². The summed E-state index contributed by atoms with van der Waals surface area (Å²) in [5, 5.41) is 16.6. The van der Waals surface area contributed by atoms with Crippen molar-refractivity contribution >= 4 is 5.96 Å². The van der Waals surface area contributed by atoms with Crippen LogP contribution in [0, 0.1) is 0 Å². The van der Waals surface area contributed by atoms with Crippen molar-refractivity contribution in [2.75, 3.05) is 26.2 Å². The molecule has 1 aliphatic rings. The molecule has 6 nitrogen and oxygen atoms in total. The standard InChI is InChI=1S/C18H27F2N3O3/c1-2-21-18(22-10-9-14-4-3-11-25-14)23-12-16(24)13-5-7-15(8-6-13)26-17(19)20/h5-8,14,16-17,24H,2-4,9-12H2,1H3,(H2,21,22,23). The molecule has 146 valence electrons. The minimum absolute atomic E-state index is 0.0589. The highest BCUT2D eigenvalue weighted by atomic mass is 19.3. The van der Waals surface area contributed by atoms with Gasteiger partial charge in [-0.25, -0.2) is 0 Å². The van der Waals surface area contributed by atoms with Gasteiger partial charge in [0.15, 0.2) is 5.96 Å². The lowest BCUT2D eigenvalue weighted by Gasteiger charge is -2.15. The van der Waals surface area contributed by atoms with Crippen LogP contribution in [0.2, 0.25) is 0 Å². The molecule has 1 aromatic carbocycles. The van der Waals surface area contributed by atoms with Crippen molar-refractivity contribution in [1.29, 1.82) is 0 Å². The predicted molar refractivity (Wildman–Crippen MR) is 95.6 cm³/mol. The van der Waals surface area contributed by atoms with E-state index in [4.69, 9.17) is 4.74 Å². The van der Waals surface area contributed by atoms with Gasteiger partial charge in [-0.3, -0.25) is 4.99 Å². The average molecular weight is 371 g/mol. The number of hydrogen-bond donors (Lipinski definition) is 3. The van der Waals surface area contributed by atoms with Crippen LogP contribution in [0.4, 0.5) is 8.78 Å². The van der Waals surface area contributed by atoms with Crippen molar-refractivity contribution in [2.45, 2.75) is 45.0 Å². The van der Waals surface area contributed by atoms with Crippen molar-refractivity contribution in [3.63, 3.8) is 0 Å². The Morgan fingerprint density at radius 1 is 1.35 bits per heavy atom. The average Bonchev–Trinajstić information content (AvgIpc) is 3.13. The molecule has 8 heteroatoms. The Hall–Kier alpha value is -1.93. The minimum atomic E-state index is -2.86. The van der Waals surface area contributed by atoms with E-state index in [1.165, 1.54) is 12.1 Å². The lowest BCUT2D eigenvalue weighted by Crippen LogP contribution is -2.38. The first-order valence-corrected chi connectivity index (χ1v) is 8.95.